The van der Waals surface area contributed by atoms with Crippen LogP contribution in [-0.4, -0.2) is 9.97 Å². The fourth-order valence-electron chi connectivity index (χ4n) is 1.56. The molecule has 0 aliphatic carbocycles. The average molecular weight is 230 g/mol. The van der Waals surface area contributed by atoms with Gasteiger partial charge in [-0.1, -0.05) is 47.5 Å². The summed E-state index contributed by atoms with van der Waals surface area (Å²) in [6.45, 7) is 12.7. The van der Waals surface area contributed by atoms with Gasteiger partial charge in [-0.25, -0.2) is 4.98 Å². The first-order valence-corrected chi connectivity index (χ1v) is 6.30. The molecule has 1 rings (SSSR count). The molecule has 0 amide bonds. The fourth-order valence-corrected chi connectivity index (χ4v) is 1.56. The molecule has 0 N–H and O–H groups in total. The lowest BCUT2D eigenvalue weighted by molar-refractivity contribution is 0.724. The molecule has 0 radical (unpaired) electrons. The van der Waals surface area contributed by atoms with E-state index < -0.39 is 0 Å². The van der Waals surface area contributed by atoms with Crippen LogP contribution in [0.25, 0.3) is 0 Å². The van der Waals surface area contributed by atoms with Crippen molar-refractivity contribution in [1.82, 2.24) is 9.97 Å². The predicted octanol–water partition coefficient (Wildman–Crippen LogP) is 3.73. The van der Waals surface area contributed by atoms with E-state index in [1.165, 1.54) is 0 Å². The normalized spacial score (nSPS) is 10.9. The minimum Gasteiger partial charge on any atom is -0.256 e. The van der Waals surface area contributed by atoms with Crippen molar-refractivity contribution in [3.05, 3.63) is 23.3 Å². The lowest BCUT2D eigenvalue weighted by Crippen LogP contribution is -2.06. The standard InChI is InChI=1S/C15H22N2/c1-10(2)7-8-13-9-16-14(11(3)4)15(17-13)12(5)6/h9-12H,1-6H3. The van der Waals surface area contributed by atoms with Crippen molar-refractivity contribution in [2.24, 2.45) is 5.92 Å². The molecule has 0 fully saturated rings. The molecule has 0 saturated heterocycles. The minimum atomic E-state index is 0.365. The summed E-state index contributed by atoms with van der Waals surface area (Å²) >= 11 is 0. The summed E-state index contributed by atoms with van der Waals surface area (Å²) < 4.78 is 0. The second-order valence-corrected chi connectivity index (χ2v) is 5.26. The van der Waals surface area contributed by atoms with Gasteiger partial charge in [0.25, 0.3) is 0 Å². The molecule has 0 aliphatic rings. The van der Waals surface area contributed by atoms with E-state index in [1.807, 2.05) is 0 Å². The third-order valence-electron chi connectivity index (χ3n) is 2.41. The van der Waals surface area contributed by atoms with Crippen LogP contribution in [0.15, 0.2) is 6.20 Å². The van der Waals surface area contributed by atoms with Gasteiger partial charge in [0, 0.05) is 5.92 Å². The van der Waals surface area contributed by atoms with Crippen LogP contribution in [0, 0.1) is 17.8 Å². The Morgan fingerprint density at radius 2 is 1.53 bits per heavy atom. The second-order valence-electron chi connectivity index (χ2n) is 5.26. The zero-order chi connectivity index (χ0) is 13.0. The summed E-state index contributed by atoms with van der Waals surface area (Å²) in [6.07, 6.45) is 1.79. The largest absolute Gasteiger partial charge is 0.256 e. The molecule has 2 heteroatoms. The topological polar surface area (TPSA) is 25.8 Å². The van der Waals surface area contributed by atoms with Crippen LogP contribution < -0.4 is 0 Å². The summed E-state index contributed by atoms with van der Waals surface area (Å²) in [6, 6.07) is 0. The Kier molecular flexibility index (Phi) is 4.69. The highest BCUT2D eigenvalue weighted by atomic mass is 14.8. The molecule has 1 aromatic rings. The zero-order valence-electron chi connectivity index (χ0n) is 11.7. The number of rotatable bonds is 2. The Balaban J connectivity index is 3.16. The summed E-state index contributed by atoms with van der Waals surface area (Å²) in [5, 5.41) is 0. The molecular formula is C15H22N2. The van der Waals surface area contributed by atoms with Gasteiger partial charge in [0.1, 0.15) is 5.69 Å². The van der Waals surface area contributed by atoms with Gasteiger partial charge in [0.15, 0.2) is 0 Å². The van der Waals surface area contributed by atoms with Crippen molar-refractivity contribution in [3.63, 3.8) is 0 Å². The number of hydrogen-bond donors (Lipinski definition) is 0. The van der Waals surface area contributed by atoms with Gasteiger partial charge in [-0.3, -0.25) is 4.98 Å². The summed E-state index contributed by atoms with van der Waals surface area (Å²) in [5.41, 5.74) is 2.96. The highest BCUT2D eigenvalue weighted by molar-refractivity contribution is 5.30. The number of hydrogen-bond acceptors (Lipinski definition) is 2. The van der Waals surface area contributed by atoms with Crippen molar-refractivity contribution in [3.8, 4) is 11.8 Å². The van der Waals surface area contributed by atoms with E-state index in [0.29, 0.717) is 17.8 Å². The molecule has 0 aliphatic heterocycles. The first kappa shape index (κ1) is 13.7. The lowest BCUT2D eigenvalue weighted by atomic mass is 10.0. The third-order valence-corrected chi connectivity index (χ3v) is 2.41. The number of nitrogens with zero attached hydrogens (tertiary/aromatic N) is 2. The second kappa shape index (κ2) is 5.82. The molecule has 92 valence electrons. The summed E-state index contributed by atoms with van der Waals surface area (Å²) in [4.78, 5) is 9.14. The first-order valence-electron chi connectivity index (χ1n) is 6.30. The Bertz CT molecular complexity index is 434. The fraction of sp³-hybridized carbons (Fsp3) is 0.600. The molecule has 0 unspecified atom stereocenters. The predicted molar refractivity (Wildman–Crippen MR) is 71.9 cm³/mol. The van der Waals surface area contributed by atoms with Crippen LogP contribution in [0.5, 0.6) is 0 Å². The van der Waals surface area contributed by atoms with Gasteiger partial charge in [-0.2, -0.15) is 0 Å². The van der Waals surface area contributed by atoms with Gasteiger partial charge in [-0.05, 0) is 17.8 Å². The van der Waals surface area contributed by atoms with Crippen LogP contribution in [-0.2, 0) is 0 Å². The highest BCUT2D eigenvalue weighted by Crippen LogP contribution is 2.22. The van der Waals surface area contributed by atoms with Crippen LogP contribution in [0.1, 0.15) is 70.5 Å². The van der Waals surface area contributed by atoms with Crippen LogP contribution >= 0.6 is 0 Å². The third kappa shape index (κ3) is 3.85. The van der Waals surface area contributed by atoms with Crippen molar-refractivity contribution in [1.29, 1.82) is 0 Å². The first-order chi connectivity index (χ1) is 7.91. The van der Waals surface area contributed by atoms with Crippen molar-refractivity contribution < 1.29 is 0 Å². The lowest BCUT2D eigenvalue weighted by Gasteiger charge is -2.13. The van der Waals surface area contributed by atoms with Gasteiger partial charge in [0.05, 0.1) is 17.6 Å². The van der Waals surface area contributed by atoms with E-state index in [4.69, 9.17) is 0 Å². The molecule has 0 saturated carbocycles. The van der Waals surface area contributed by atoms with Gasteiger partial charge >= 0.3 is 0 Å². The van der Waals surface area contributed by atoms with Crippen LogP contribution in [0.2, 0.25) is 0 Å². The van der Waals surface area contributed by atoms with Crippen LogP contribution in [0.4, 0.5) is 0 Å². The molecule has 0 spiro atoms. The van der Waals surface area contributed by atoms with Crippen molar-refractivity contribution in [2.45, 2.75) is 53.4 Å². The van der Waals surface area contributed by atoms with Crippen molar-refractivity contribution >= 4 is 0 Å². The average Bonchev–Trinajstić information content (AvgIpc) is 2.25. The molecular weight excluding hydrogens is 208 g/mol. The molecule has 0 aromatic carbocycles. The SMILES string of the molecule is CC(C)C#Cc1cnc(C(C)C)c(C(C)C)n1. The van der Waals surface area contributed by atoms with E-state index in [9.17, 15) is 0 Å². The van der Waals surface area contributed by atoms with Gasteiger partial charge in [0.2, 0.25) is 0 Å². The van der Waals surface area contributed by atoms with Crippen LogP contribution in [0.3, 0.4) is 0 Å². The molecule has 1 aromatic heterocycles. The Hall–Kier alpha value is -1.36. The van der Waals surface area contributed by atoms with E-state index >= 15 is 0 Å². The Morgan fingerprint density at radius 3 is 2.00 bits per heavy atom. The van der Waals surface area contributed by atoms with Gasteiger partial charge < -0.3 is 0 Å². The Morgan fingerprint density at radius 1 is 0.941 bits per heavy atom. The van der Waals surface area contributed by atoms with Crippen molar-refractivity contribution in [2.75, 3.05) is 0 Å². The Labute approximate surface area is 105 Å². The van der Waals surface area contributed by atoms with E-state index in [-0.39, 0.29) is 0 Å². The molecule has 0 atom stereocenters. The highest BCUT2D eigenvalue weighted by Gasteiger charge is 2.13. The smallest absolute Gasteiger partial charge is 0.131 e. The van der Waals surface area contributed by atoms with E-state index in [2.05, 4.69) is 63.4 Å². The summed E-state index contributed by atoms with van der Waals surface area (Å²) in [5.74, 6) is 7.37. The van der Waals surface area contributed by atoms with E-state index in [0.717, 1.165) is 17.1 Å². The molecule has 0 bridgehead atoms. The maximum atomic E-state index is 4.63. The molecule has 2 nitrogen and oxygen atoms in total. The zero-order valence-corrected chi connectivity index (χ0v) is 11.7. The van der Waals surface area contributed by atoms with E-state index in [1.54, 1.807) is 6.20 Å². The molecule has 17 heavy (non-hydrogen) atoms. The summed E-state index contributed by atoms with van der Waals surface area (Å²) in [7, 11) is 0. The maximum absolute atomic E-state index is 4.63. The van der Waals surface area contributed by atoms with Gasteiger partial charge in [-0.15, -0.1) is 0 Å². The maximum Gasteiger partial charge on any atom is 0.131 e. The minimum absolute atomic E-state index is 0.365. The number of aromatic nitrogens is 2. The molecule has 1 heterocycles. The monoisotopic (exact) mass is 230 g/mol. The quantitative estimate of drug-likeness (QED) is 0.723.